The van der Waals surface area contributed by atoms with E-state index in [1.165, 1.54) is 0 Å². The number of halogens is 1. The van der Waals surface area contributed by atoms with Gasteiger partial charge in [-0.25, -0.2) is 0 Å². The number of amides is 1. The molecular weight excluding hydrogens is 276 g/mol. The van der Waals surface area contributed by atoms with Crippen LogP contribution in [0.1, 0.15) is 20.3 Å². The van der Waals surface area contributed by atoms with Gasteiger partial charge < -0.3 is 10.1 Å². The van der Waals surface area contributed by atoms with E-state index in [0.29, 0.717) is 11.4 Å². The van der Waals surface area contributed by atoms with Crippen molar-refractivity contribution in [2.24, 2.45) is 0 Å². The van der Waals surface area contributed by atoms with Crippen molar-refractivity contribution in [2.75, 3.05) is 25.0 Å². The van der Waals surface area contributed by atoms with Gasteiger partial charge in [-0.1, -0.05) is 11.6 Å². The van der Waals surface area contributed by atoms with Crippen LogP contribution in [0.25, 0.3) is 0 Å². The molecule has 20 heavy (non-hydrogen) atoms. The van der Waals surface area contributed by atoms with E-state index < -0.39 is 0 Å². The number of benzene rings is 1. The zero-order valence-corrected chi connectivity index (χ0v) is 12.7. The second-order valence-electron chi connectivity index (χ2n) is 5.32. The average molecular weight is 297 g/mol. The van der Waals surface area contributed by atoms with E-state index in [1.54, 1.807) is 24.3 Å². The summed E-state index contributed by atoms with van der Waals surface area (Å²) in [5.74, 6) is 0.0270. The molecule has 1 aromatic carbocycles. The van der Waals surface area contributed by atoms with E-state index in [9.17, 15) is 4.79 Å². The maximum Gasteiger partial charge on any atom is 0.225 e. The third-order valence-corrected chi connectivity index (χ3v) is 3.53. The smallest absolute Gasteiger partial charge is 0.225 e. The number of nitrogens with one attached hydrogen (secondary N) is 1. The Balaban J connectivity index is 1.76. The summed E-state index contributed by atoms with van der Waals surface area (Å²) in [6.07, 6.45) is 0.957. The number of anilines is 1. The summed E-state index contributed by atoms with van der Waals surface area (Å²) in [7, 11) is 0. The number of nitrogens with zero attached hydrogens (tertiary/aromatic N) is 1. The SMILES string of the molecule is C[C@@H]1CN(CCC(=O)Nc2ccc(Cl)cc2)C[C@@H](C)O1. The van der Waals surface area contributed by atoms with Crippen LogP contribution in [0, 0.1) is 0 Å². The highest BCUT2D eigenvalue weighted by Crippen LogP contribution is 2.14. The summed E-state index contributed by atoms with van der Waals surface area (Å²) < 4.78 is 5.68. The predicted molar refractivity (Wildman–Crippen MR) is 81.1 cm³/mol. The van der Waals surface area contributed by atoms with E-state index >= 15 is 0 Å². The van der Waals surface area contributed by atoms with Gasteiger partial charge in [0.2, 0.25) is 5.91 Å². The lowest BCUT2D eigenvalue weighted by Gasteiger charge is -2.35. The van der Waals surface area contributed by atoms with Crippen molar-refractivity contribution in [3.8, 4) is 0 Å². The maximum absolute atomic E-state index is 11.9. The van der Waals surface area contributed by atoms with Gasteiger partial charge in [-0.3, -0.25) is 9.69 Å². The Labute approximate surface area is 125 Å². The van der Waals surface area contributed by atoms with Gasteiger partial charge in [0.15, 0.2) is 0 Å². The molecule has 0 spiro atoms. The van der Waals surface area contributed by atoms with Gasteiger partial charge in [-0.15, -0.1) is 0 Å². The first-order valence-corrected chi connectivity index (χ1v) is 7.34. The van der Waals surface area contributed by atoms with Crippen LogP contribution < -0.4 is 5.32 Å². The summed E-state index contributed by atoms with van der Waals surface area (Å²) in [5.41, 5.74) is 0.781. The van der Waals surface area contributed by atoms with E-state index in [2.05, 4.69) is 24.1 Å². The van der Waals surface area contributed by atoms with Gasteiger partial charge >= 0.3 is 0 Å². The molecule has 5 heteroatoms. The second kappa shape index (κ2) is 7.07. The van der Waals surface area contributed by atoms with Crippen molar-refractivity contribution in [2.45, 2.75) is 32.5 Å². The van der Waals surface area contributed by atoms with Crippen molar-refractivity contribution in [1.82, 2.24) is 4.90 Å². The largest absolute Gasteiger partial charge is 0.373 e. The maximum atomic E-state index is 11.9. The Hall–Kier alpha value is -1.10. The van der Waals surface area contributed by atoms with Crippen molar-refractivity contribution >= 4 is 23.2 Å². The van der Waals surface area contributed by atoms with Crippen LogP contribution in [0.4, 0.5) is 5.69 Å². The van der Waals surface area contributed by atoms with Gasteiger partial charge in [0.05, 0.1) is 12.2 Å². The lowest BCUT2D eigenvalue weighted by atomic mass is 10.2. The molecule has 0 aliphatic carbocycles. The Morgan fingerprint density at radius 1 is 1.30 bits per heavy atom. The second-order valence-corrected chi connectivity index (χ2v) is 5.76. The minimum atomic E-state index is 0.0270. The molecular formula is C15H21ClN2O2. The topological polar surface area (TPSA) is 41.6 Å². The van der Waals surface area contributed by atoms with E-state index in [-0.39, 0.29) is 18.1 Å². The summed E-state index contributed by atoms with van der Waals surface area (Å²) in [5, 5.41) is 3.54. The third-order valence-electron chi connectivity index (χ3n) is 3.28. The fourth-order valence-electron chi connectivity index (χ4n) is 2.48. The molecule has 1 aliphatic rings. The van der Waals surface area contributed by atoms with Crippen molar-refractivity contribution in [3.63, 3.8) is 0 Å². The first-order chi connectivity index (χ1) is 9.52. The molecule has 1 saturated heterocycles. The quantitative estimate of drug-likeness (QED) is 0.929. The highest BCUT2D eigenvalue weighted by atomic mass is 35.5. The molecule has 1 fully saturated rings. The van der Waals surface area contributed by atoms with Crippen LogP contribution >= 0.6 is 11.6 Å². The van der Waals surface area contributed by atoms with Crippen LogP contribution in [0.3, 0.4) is 0 Å². The lowest BCUT2D eigenvalue weighted by Crippen LogP contribution is -2.46. The van der Waals surface area contributed by atoms with Crippen LogP contribution in [-0.4, -0.2) is 42.6 Å². The van der Waals surface area contributed by atoms with Crippen LogP contribution in [0.2, 0.25) is 5.02 Å². The van der Waals surface area contributed by atoms with E-state index in [4.69, 9.17) is 16.3 Å². The van der Waals surface area contributed by atoms with Crippen molar-refractivity contribution in [1.29, 1.82) is 0 Å². The minimum absolute atomic E-state index is 0.0270. The number of hydrogen-bond donors (Lipinski definition) is 1. The number of morpholine rings is 1. The Bertz CT molecular complexity index is 440. The molecule has 4 nitrogen and oxygen atoms in total. The molecule has 2 rings (SSSR count). The van der Waals surface area contributed by atoms with Gasteiger partial charge in [0, 0.05) is 36.8 Å². The average Bonchev–Trinajstić information content (AvgIpc) is 2.38. The Morgan fingerprint density at radius 2 is 1.90 bits per heavy atom. The first kappa shape index (κ1) is 15.3. The van der Waals surface area contributed by atoms with Gasteiger partial charge in [-0.05, 0) is 38.1 Å². The molecule has 1 aromatic rings. The van der Waals surface area contributed by atoms with Crippen LogP contribution in [0.15, 0.2) is 24.3 Å². The molecule has 110 valence electrons. The molecule has 1 N–H and O–H groups in total. The van der Waals surface area contributed by atoms with Crippen LogP contribution in [0.5, 0.6) is 0 Å². The molecule has 2 atom stereocenters. The van der Waals surface area contributed by atoms with Crippen molar-refractivity contribution in [3.05, 3.63) is 29.3 Å². The van der Waals surface area contributed by atoms with E-state index in [1.807, 2.05) is 0 Å². The van der Waals surface area contributed by atoms with Crippen molar-refractivity contribution < 1.29 is 9.53 Å². The molecule has 0 saturated carbocycles. The third kappa shape index (κ3) is 4.78. The fourth-order valence-corrected chi connectivity index (χ4v) is 2.61. The number of carbonyl (C=O) groups excluding carboxylic acids is 1. The molecule has 1 amide bonds. The number of rotatable bonds is 4. The van der Waals surface area contributed by atoms with Crippen LogP contribution in [-0.2, 0) is 9.53 Å². The predicted octanol–water partition coefficient (Wildman–Crippen LogP) is 2.78. The Kier molecular flexibility index (Phi) is 5.40. The zero-order valence-electron chi connectivity index (χ0n) is 11.9. The summed E-state index contributed by atoms with van der Waals surface area (Å²) >= 11 is 5.81. The lowest BCUT2D eigenvalue weighted by molar-refractivity contribution is -0.117. The number of ether oxygens (including phenoxy) is 1. The first-order valence-electron chi connectivity index (χ1n) is 6.96. The molecule has 0 unspecified atom stereocenters. The molecule has 1 heterocycles. The number of carbonyl (C=O) groups is 1. The van der Waals surface area contributed by atoms with Gasteiger partial charge in [0.1, 0.15) is 0 Å². The summed E-state index contributed by atoms with van der Waals surface area (Å²) in [4.78, 5) is 14.2. The standard InChI is InChI=1S/C15H21ClN2O2/c1-11-9-18(10-12(2)20-11)8-7-15(19)17-14-5-3-13(16)4-6-14/h3-6,11-12H,7-10H2,1-2H3,(H,17,19)/t11-,12-/m1/s1. The molecule has 0 aromatic heterocycles. The van der Waals surface area contributed by atoms with Gasteiger partial charge in [0.25, 0.3) is 0 Å². The Morgan fingerprint density at radius 3 is 2.50 bits per heavy atom. The van der Waals surface area contributed by atoms with Gasteiger partial charge in [-0.2, -0.15) is 0 Å². The highest BCUT2D eigenvalue weighted by Gasteiger charge is 2.22. The van der Waals surface area contributed by atoms with E-state index in [0.717, 1.165) is 25.3 Å². The zero-order chi connectivity index (χ0) is 14.5. The molecule has 0 radical (unpaired) electrons. The normalized spacial score (nSPS) is 23.6. The summed E-state index contributed by atoms with van der Waals surface area (Å²) in [6.45, 7) is 6.67. The minimum Gasteiger partial charge on any atom is -0.373 e. The monoisotopic (exact) mass is 296 g/mol. The molecule has 1 aliphatic heterocycles. The summed E-state index contributed by atoms with van der Waals surface area (Å²) in [6, 6.07) is 7.14. The fraction of sp³-hybridized carbons (Fsp3) is 0.533. The number of hydrogen-bond acceptors (Lipinski definition) is 3. The highest BCUT2D eigenvalue weighted by molar-refractivity contribution is 6.30. The molecule has 0 bridgehead atoms.